The van der Waals surface area contributed by atoms with E-state index < -0.39 is 21.8 Å². The number of carbonyl (C=O) groups is 2. The van der Waals surface area contributed by atoms with Gasteiger partial charge in [-0.25, -0.2) is 13.2 Å². The van der Waals surface area contributed by atoms with Crippen molar-refractivity contribution in [2.75, 3.05) is 23.4 Å². The molecule has 0 saturated carbocycles. The summed E-state index contributed by atoms with van der Waals surface area (Å²) < 4.78 is 22.6. The number of amides is 2. The Labute approximate surface area is 123 Å². The van der Waals surface area contributed by atoms with Crippen LogP contribution < -0.4 is 10.6 Å². The Bertz CT molecular complexity index is 613. The van der Waals surface area contributed by atoms with Gasteiger partial charge in [0, 0.05) is 18.0 Å². The van der Waals surface area contributed by atoms with Gasteiger partial charge in [-0.15, -0.1) is 0 Å². The minimum Gasteiger partial charge on any atom is -0.481 e. The van der Waals surface area contributed by atoms with E-state index in [2.05, 4.69) is 10.6 Å². The third-order valence-electron chi connectivity index (χ3n) is 2.75. The zero-order valence-corrected chi connectivity index (χ0v) is 12.4. The molecule has 0 spiro atoms. The van der Waals surface area contributed by atoms with Crippen LogP contribution in [0, 0.1) is 0 Å². The highest BCUT2D eigenvalue weighted by molar-refractivity contribution is 7.91. The molecule has 116 valence electrons. The minimum absolute atomic E-state index is 0.00308. The largest absolute Gasteiger partial charge is 0.481 e. The molecule has 0 aromatic heterocycles. The Morgan fingerprint density at radius 3 is 2.52 bits per heavy atom. The lowest BCUT2D eigenvalue weighted by Crippen LogP contribution is -2.33. The Morgan fingerprint density at radius 1 is 1.24 bits per heavy atom. The summed E-state index contributed by atoms with van der Waals surface area (Å²) in [6, 6.07) is 5.96. The number of carboxylic acids is 1. The average Bonchev–Trinajstić information content (AvgIpc) is 2.40. The zero-order chi connectivity index (χ0) is 15.9. The van der Waals surface area contributed by atoms with Crippen LogP contribution in [0.5, 0.6) is 0 Å². The first-order chi connectivity index (χ1) is 9.84. The molecule has 0 saturated heterocycles. The van der Waals surface area contributed by atoms with E-state index in [4.69, 9.17) is 5.11 Å². The number of anilines is 1. The summed E-state index contributed by atoms with van der Waals surface area (Å²) in [5.41, 5.74) is 0.858. The molecule has 0 bridgehead atoms. The molecule has 1 aromatic carbocycles. The number of hydrogen-bond donors (Lipinski definition) is 3. The lowest BCUT2D eigenvalue weighted by Gasteiger charge is -2.10. The molecule has 0 fully saturated rings. The second-order valence-corrected chi connectivity index (χ2v) is 6.82. The van der Waals surface area contributed by atoms with Gasteiger partial charge in [-0.1, -0.05) is 25.1 Å². The molecule has 0 atom stereocenters. The van der Waals surface area contributed by atoms with E-state index in [1.54, 1.807) is 24.3 Å². The standard InChI is InChI=1S/C13H18N2O5S/c1-2-21(19,20)8-7-14-13(18)15-11-6-4-3-5-10(11)9-12(16)17/h3-6H,2,7-9H2,1H3,(H,16,17)(H2,14,15,18). The van der Waals surface area contributed by atoms with E-state index in [0.29, 0.717) is 11.3 Å². The van der Waals surface area contributed by atoms with Gasteiger partial charge in [0.2, 0.25) is 0 Å². The van der Waals surface area contributed by atoms with Gasteiger partial charge >= 0.3 is 12.0 Å². The van der Waals surface area contributed by atoms with Gasteiger partial charge < -0.3 is 15.7 Å². The molecule has 3 N–H and O–H groups in total. The molecule has 1 aromatic rings. The van der Waals surface area contributed by atoms with E-state index in [9.17, 15) is 18.0 Å². The number of sulfone groups is 1. The molecule has 0 heterocycles. The van der Waals surface area contributed by atoms with Crippen LogP contribution in [-0.4, -0.2) is 43.6 Å². The summed E-state index contributed by atoms with van der Waals surface area (Å²) in [5.74, 6) is -1.11. The van der Waals surface area contributed by atoms with Gasteiger partial charge in [0.15, 0.2) is 9.84 Å². The Kier molecular flexibility index (Phi) is 6.16. The highest BCUT2D eigenvalue weighted by atomic mass is 32.2. The van der Waals surface area contributed by atoms with E-state index in [1.807, 2.05) is 0 Å². The molecule has 0 aliphatic heterocycles. The van der Waals surface area contributed by atoms with Crippen LogP contribution in [0.25, 0.3) is 0 Å². The van der Waals surface area contributed by atoms with Crippen molar-refractivity contribution in [3.8, 4) is 0 Å². The minimum atomic E-state index is -3.13. The summed E-state index contributed by atoms with van der Waals surface area (Å²) >= 11 is 0. The van der Waals surface area contributed by atoms with Gasteiger partial charge in [-0.05, 0) is 11.6 Å². The van der Waals surface area contributed by atoms with Crippen molar-refractivity contribution < 1.29 is 23.1 Å². The van der Waals surface area contributed by atoms with Gasteiger partial charge in [-0.2, -0.15) is 0 Å². The molecule has 0 aliphatic rings. The Balaban J connectivity index is 2.57. The number of rotatable bonds is 7. The van der Waals surface area contributed by atoms with Gasteiger partial charge in [0.25, 0.3) is 0 Å². The molecule has 0 aliphatic carbocycles. The normalized spacial score (nSPS) is 10.9. The maximum atomic E-state index is 11.7. The summed E-state index contributed by atoms with van der Waals surface area (Å²) in [7, 11) is -3.13. The Hall–Kier alpha value is -2.09. The lowest BCUT2D eigenvalue weighted by atomic mass is 10.1. The van der Waals surface area contributed by atoms with Crippen molar-refractivity contribution >= 4 is 27.5 Å². The first-order valence-corrected chi connectivity index (χ1v) is 8.21. The number of nitrogens with one attached hydrogen (secondary N) is 2. The monoisotopic (exact) mass is 314 g/mol. The quantitative estimate of drug-likeness (QED) is 0.691. The molecular weight excluding hydrogens is 296 g/mol. The van der Waals surface area contributed by atoms with Crippen molar-refractivity contribution in [2.45, 2.75) is 13.3 Å². The van der Waals surface area contributed by atoms with Crippen LogP contribution in [0.1, 0.15) is 12.5 Å². The molecule has 21 heavy (non-hydrogen) atoms. The second kappa shape index (κ2) is 7.63. The van der Waals surface area contributed by atoms with E-state index in [1.165, 1.54) is 6.92 Å². The van der Waals surface area contributed by atoms with Crippen LogP contribution in [-0.2, 0) is 21.1 Å². The summed E-state index contributed by atoms with van der Waals surface area (Å²) in [4.78, 5) is 22.4. The molecular formula is C13H18N2O5S. The fraction of sp³-hybridized carbons (Fsp3) is 0.385. The predicted octanol–water partition coefficient (Wildman–Crippen LogP) is 0.870. The number of hydrogen-bond acceptors (Lipinski definition) is 4. The van der Waals surface area contributed by atoms with E-state index in [0.717, 1.165) is 0 Å². The predicted molar refractivity (Wildman–Crippen MR) is 79.1 cm³/mol. The fourth-order valence-corrected chi connectivity index (χ4v) is 2.29. The van der Waals surface area contributed by atoms with Crippen LogP contribution in [0.2, 0.25) is 0 Å². The molecule has 7 nitrogen and oxygen atoms in total. The van der Waals surface area contributed by atoms with Crippen molar-refractivity contribution in [2.24, 2.45) is 0 Å². The highest BCUT2D eigenvalue weighted by Crippen LogP contribution is 2.15. The van der Waals surface area contributed by atoms with Gasteiger partial charge in [-0.3, -0.25) is 4.79 Å². The van der Waals surface area contributed by atoms with Gasteiger partial charge in [0.1, 0.15) is 0 Å². The maximum absolute atomic E-state index is 11.7. The number of aliphatic carboxylic acids is 1. The van der Waals surface area contributed by atoms with E-state index >= 15 is 0 Å². The first kappa shape index (κ1) is 17.0. The molecule has 2 amide bonds. The van der Waals surface area contributed by atoms with Crippen molar-refractivity contribution in [1.29, 1.82) is 0 Å². The number of urea groups is 1. The smallest absolute Gasteiger partial charge is 0.319 e. The summed E-state index contributed by atoms with van der Waals surface area (Å²) in [6.45, 7) is 1.54. The summed E-state index contributed by atoms with van der Waals surface area (Å²) in [5, 5.41) is 13.7. The number of carboxylic acid groups (broad SMARTS) is 1. The lowest BCUT2D eigenvalue weighted by molar-refractivity contribution is -0.136. The van der Waals surface area contributed by atoms with Crippen LogP contribution >= 0.6 is 0 Å². The van der Waals surface area contributed by atoms with Crippen LogP contribution in [0.3, 0.4) is 0 Å². The molecule has 0 radical (unpaired) electrons. The summed E-state index contributed by atoms with van der Waals surface area (Å²) in [6.07, 6.45) is -0.208. The van der Waals surface area contributed by atoms with E-state index in [-0.39, 0.29) is 24.5 Å². The zero-order valence-electron chi connectivity index (χ0n) is 11.6. The topological polar surface area (TPSA) is 113 Å². The van der Waals surface area contributed by atoms with Crippen molar-refractivity contribution in [3.63, 3.8) is 0 Å². The molecule has 8 heteroatoms. The Morgan fingerprint density at radius 2 is 1.90 bits per heavy atom. The van der Waals surface area contributed by atoms with Gasteiger partial charge in [0.05, 0.1) is 12.2 Å². The average molecular weight is 314 g/mol. The SMILES string of the molecule is CCS(=O)(=O)CCNC(=O)Nc1ccccc1CC(=O)O. The molecule has 0 unspecified atom stereocenters. The third-order valence-corrected chi connectivity index (χ3v) is 4.45. The van der Waals surface area contributed by atoms with Crippen molar-refractivity contribution in [3.05, 3.63) is 29.8 Å². The maximum Gasteiger partial charge on any atom is 0.319 e. The number of carbonyl (C=O) groups excluding carboxylic acids is 1. The third kappa shape index (κ3) is 6.26. The molecule has 1 rings (SSSR count). The highest BCUT2D eigenvalue weighted by Gasteiger charge is 2.11. The van der Waals surface area contributed by atoms with Crippen LogP contribution in [0.4, 0.5) is 10.5 Å². The number of benzene rings is 1. The van der Waals surface area contributed by atoms with Crippen LogP contribution in [0.15, 0.2) is 24.3 Å². The van der Waals surface area contributed by atoms with Crippen molar-refractivity contribution in [1.82, 2.24) is 5.32 Å². The fourth-order valence-electron chi connectivity index (χ4n) is 1.59. The number of para-hydroxylation sites is 1. The second-order valence-electron chi connectivity index (χ2n) is 4.34. The first-order valence-electron chi connectivity index (χ1n) is 6.39.